The van der Waals surface area contributed by atoms with Crippen LogP contribution in [0.1, 0.15) is 18.0 Å². The summed E-state index contributed by atoms with van der Waals surface area (Å²) >= 11 is 4.26. The maximum atomic E-state index is 5.11. The van der Waals surface area contributed by atoms with Crippen molar-refractivity contribution in [1.29, 1.82) is 0 Å². The zero-order valence-corrected chi connectivity index (χ0v) is 7.95. The van der Waals surface area contributed by atoms with Crippen LogP contribution in [0.15, 0.2) is 23.2 Å². The van der Waals surface area contributed by atoms with E-state index in [-0.39, 0.29) is 5.25 Å². The standard InChI is InChI=1S/C8H9N3OS/c1-5(13)8-10-2-6(11-8)7-3-9-4-12-7/h2-5,13H,1H3,(H,10,11). The molecular weight excluding hydrogens is 186 g/mol. The summed E-state index contributed by atoms with van der Waals surface area (Å²) in [5.41, 5.74) is 0.827. The first-order chi connectivity index (χ1) is 6.27. The van der Waals surface area contributed by atoms with Gasteiger partial charge in [-0.25, -0.2) is 9.97 Å². The van der Waals surface area contributed by atoms with E-state index in [9.17, 15) is 0 Å². The van der Waals surface area contributed by atoms with Crippen LogP contribution in [-0.2, 0) is 0 Å². The predicted molar refractivity (Wildman–Crippen MR) is 51.5 cm³/mol. The van der Waals surface area contributed by atoms with Gasteiger partial charge in [-0.05, 0) is 6.92 Å². The van der Waals surface area contributed by atoms with Gasteiger partial charge in [-0.15, -0.1) is 0 Å². The molecule has 0 aliphatic heterocycles. The highest BCUT2D eigenvalue weighted by Crippen LogP contribution is 2.20. The zero-order chi connectivity index (χ0) is 9.26. The highest BCUT2D eigenvalue weighted by atomic mass is 32.1. The number of nitrogens with zero attached hydrogens (tertiary/aromatic N) is 2. The van der Waals surface area contributed by atoms with E-state index < -0.39 is 0 Å². The summed E-state index contributed by atoms with van der Waals surface area (Å²) in [5, 5.41) is 0.0941. The average Bonchev–Trinajstić information content (AvgIpc) is 2.75. The van der Waals surface area contributed by atoms with Gasteiger partial charge in [-0.1, -0.05) is 0 Å². The Morgan fingerprint density at radius 1 is 1.54 bits per heavy atom. The van der Waals surface area contributed by atoms with Gasteiger partial charge in [-0.3, -0.25) is 0 Å². The number of aromatic nitrogens is 3. The fourth-order valence-corrected chi connectivity index (χ4v) is 1.15. The Labute approximate surface area is 80.8 Å². The number of rotatable bonds is 2. The van der Waals surface area contributed by atoms with E-state index in [2.05, 4.69) is 27.6 Å². The van der Waals surface area contributed by atoms with Crippen molar-refractivity contribution in [1.82, 2.24) is 15.0 Å². The van der Waals surface area contributed by atoms with Gasteiger partial charge in [0.2, 0.25) is 0 Å². The Kier molecular flexibility index (Phi) is 2.10. The number of oxazole rings is 1. The summed E-state index contributed by atoms with van der Waals surface area (Å²) < 4.78 is 5.11. The maximum Gasteiger partial charge on any atom is 0.181 e. The van der Waals surface area contributed by atoms with E-state index in [0.29, 0.717) is 5.76 Å². The molecule has 0 aliphatic carbocycles. The number of aromatic amines is 1. The Hall–Kier alpha value is -1.23. The second-order valence-corrected chi connectivity index (χ2v) is 3.50. The smallest absolute Gasteiger partial charge is 0.181 e. The number of hydrogen-bond donors (Lipinski definition) is 2. The van der Waals surface area contributed by atoms with Gasteiger partial charge in [0.15, 0.2) is 12.2 Å². The van der Waals surface area contributed by atoms with Gasteiger partial charge in [0.05, 0.1) is 17.6 Å². The molecule has 2 heterocycles. The normalized spacial score (nSPS) is 13.1. The van der Waals surface area contributed by atoms with Crippen LogP contribution in [0, 0.1) is 0 Å². The molecular formula is C8H9N3OS. The lowest BCUT2D eigenvalue weighted by molar-refractivity contribution is 0.570. The number of thiol groups is 1. The predicted octanol–water partition coefficient (Wildman–Crippen LogP) is 2.06. The minimum absolute atomic E-state index is 0.0941. The van der Waals surface area contributed by atoms with Crippen LogP contribution in [0.25, 0.3) is 11.5 Å². The molecule has 4 nitrogen and oxygen atoms in total. The number of H-pyrrole nitrogens is 1. The summed E-state index contributed by atoms with van der Waals surface area (Å²) in [6.45, 7) is 1.95. The molecule has 0 bridgehead atoms. The first-order valence-corrected chi connectivity index (χ1v) is 4.41. The molecule has 0 radical (unpaired) electrons. The molecule has 2 rings (SSSR count). The summed E-state index contributed by atoms with van der Waals surface area (Å²) in [7, 11) is 0. The molecule has 0 amide bonds. The van der Waals surface area contributed by atoms with Crippen molar-refractivity contribution >= 4 is 12.6 Å². The SMILES string of the molecule is CC(S)c1ncc(-c2cnco2)[nH]1. The lowest BCUT2D eigenvalue weighted by Gasteiger charge is -1.96. The molecule has 1 N–H and O–H groups in total. The van der Waals surface area contributed by atoms with Crippen molar-refractivity contribution in [3.8, 4) is 11.5 Å². The topological polar surface area (TPSA) is 54.7 Å². The van der Waals surface area contributed by atoms with E-state index in [4.69, 9.17) is 4.42 Å². The lowest BCUT2D eigenvalue weighted by Crippen LogP contribution is -1.86. The van der Waals surface area contributed by atoms with Gasteiger partial charge in [0.25, 0.3) is 0 Å². The molecule has 0 fully saturated rings. The molecule has 0 aliphatic rings. The van der Waals surface area contributed by atoms with Crippen LogP contribution in [0.4, 0.5) is 0 Å². The second-order valence-electron chi connectivity index (χ2n) is 2.72. The number of hydrogen-bond acceptors (Lipinski definition) is 4. The van der Waals surface area contributed by atoms with Crippen molar-refractivity contribution in [2.75, 3.05) is 0 Å². The fraction of sp³-hybridized carbons (Fsp3) is 0.250. The lowest BCUT2D eigenvalue weighted by atomic mass is 10.4. The van der Waals surface area contributed by atoms with Crippen molar-refractivity contribution in [2.24, 2.45) is 0 Å². The van der Waals surface area contributed by atoms with Crippen LogP contribution in [0.5, 0.6) is 0 Å². The minimum atomic E-state index is 0.0941. The van der Waals surface area contributed by atoms with Crippen LogP contribution in [0.3, 0.4) is 0 Å². The minimum Gasteiger partial charge on any atom is -0.442 e. The zero-order valence-electron chi connectivity index (χ0n) is 7.06. The van der Waals surface area contributed by atoms with Gasteiger partial charge in [-0.2, -0.15) is 12.6 Å². The summed E-state index contributed by atoms with van der Waals surface area (Å²) in [6, 6.07) is 0. The Bertz CT molecular complexity index is 380. The largest absolute Gasteiger partial charge is 0.442 e. The fourth-order valence-electron chi connectivity index (χ4n) is 1.02. The average molecular weight is 195 g/mol. The molecule has 0 saturated heterocycles. The van der Waals surface area contributed by atoms with Crippen molar-refractivity contribution in [2.45, 2.75) is 12.2 Å². The quantitative estimate of drug-likeness (QED) is 0.721. The first-order valence-electron chi connectivity index (χ1n) is 3.89. The molecule has 68 valence electrons. The summed E-state index contributed by atoms with van der Waals surface area (Å²) in [4.78, 5) is 11.1. The van der Waals surface area contributed by atoms with Gasteiger partial charge < -0.3 is 9.40 Å². The number of imidazole rings is 1. The molecule has 13 heavy (non-hydrogen) atoms. The molecule has 0 aromatic carbocycles. The number of nitrogens with one attached hydrogen (secondary N) is 1. The first kappa shape index (κ1) is 8.37. The Morgan fingerprint density at radius 3 is 2.92 bits per heavy atom. The van der Waals surface area contributed by atoms with E-state index in [1.807, 2.05) is 6.92 Å². The molecule has 1 atom stereocenters. The third kappa shape index (κ3) is 1.60. The van der Waals surface area contributed by atoms with Crippen molar-refractivity contribution < 1.29 is 4.42 Å². The summed E-state index contributed by atoms with van der Waals surface area (Å²) in [6.07, 6.45) is 4.74. The van der Waals surface area contributed by atoms with E-state index in [1.165, 1.54) is 6.39 Å². The van der Waals surface area contributed by atoms with E-state index in [0.717, 1.165) is 11.5 Å². The van der Waals surface area contributed by atoms with Crippen LogP contribution in [0.2, 0.25) is 0 Å². The molecule has 2 aromatic heterocycles. The molecule has 2 aromatic rings. The van der Waals surface area contributed by atoms with Crippen LogP contribution in [-0.4, -0.2) is 15.0 Å². The Morgan fingerprint density at radius 2 is 2.38 bits per heavy atom. The maximum absolute atomic E-state index is 5.11. The van der Waals surface area contributed by atoms with Crippen molar-refractivity contribution in [3.05, 3.63) is 24.6 Å². The molecule has 1 unspecified atom stereocenters. The highest BCUT2D eigenvalue weighted by Gasteiger charge is 2.08. The highest BCUT2D eigenvalue weighted by molar-refractivity contribution is 7.80. The van der Waals surface area contributed by atoms with Gasteiger partial charge >= 0.3 is 0 Å². The van der Waals surface area contributed by atoms with E-state index >= 15 is 0 Å². The van der Waals surface area contributed by atoms with Crippen LogP contribution >= 0.6 is 12.6 Å². The van der Waals surface area contributed by atoms with Crippen LogP contribution < -0.4 is 0 Å². The molecule has 5 heteroatoms. The third-order valence-electron chi connectivity index (χ3n) is 1.69. The van der Waals surface area contributed by atoms with E-state index in [1.54, 1.807) is 12.4 Å². The van der Waals surface area contributed by atoms with Gasteiger partial charge in [0.1, 0.15) is 11.5 Å². The Balaban J connectivity index is 2.33. The third-order valence-corrected chi connectivity index (χ3v) is 1.93. The monoisotopic (exact) mass is 195 g/mol. The van der Waals surface area contributed by atoms with Crippen molar-refractivity contribution in [3.63, 3.8) is 0 Å². The molecule has 0 spiro atoms. The van der Waals surface area contributed by atoms with Gasteiger partial charge in [0, 0.05) is 0 Å². The summed E-state index contributed by atoms with van der Waals surface area (Å²) in [5.74, 6) is 1.52. The molecule has 0 saturated carbocycles. The second kappa shape index (κ2) is 3.26.